The van der Waals surface area contributed by atoms with Crippen molar-refractivity contribution in [2.24, 2.45) is 22.6 Å². The minimum absolute atomic E-state index is 0.0137. The standard InChI is InChI=1S/C22H22F3N5O3/c1-30-20(31)14-7-17(11-2-3-11)32-10-22(14,29-21(30)26)13-6-12(4-5-15(13)23)33-18-9-27-8-16(28-18)19(24)25/h4-6,8-9,11,14,17,19H,2-3,7,10H2,1H3,(H2,26,29)/t14-,17+,22+/m0/s1. The van der Waals surface area contributed by atoms with Crippen molar-refractivity contribution in [2.45, 2.75) is 37.3 Å². The third kappa shape index (κ3) is 3.79. The first-order valence-electron chi connectivity index (χ1n) is 10.6. The molecule has 0 spiro atoms. The molecular formula is C22H22F3N5O3. The van der Waals surface area contributed by atoms with Gasteiger partial charge in [-0.15, -0.1) is 0 Å². The third-order valence-electron chi connectivity index (χ3n) is 6.48. The van der Waals surface area contributed by atoms with E-state index in [2.05, 4.69) is 15.0 Å². The summed E-state index contributed by atoms with van der Waals surface area (Å²) in [6.45, 7) is -0.0137. The van der Waals surface area contributed by atoms with E-state index in [4.69, 9.17) is 15.2 Å². The van der Waals surface area contributed by atoms with Gasteiger partial charge in [0, 0.05) is 12.6 Å². The van der Waals surface area contributed by atoms with Crippen molar-refractivity contribution in [3.8, 4) is 11.6 Å². The zero-order valence-electron chi connectivity index (χ0n) is 17.7. The highest BCUT2D eigenvalue weighted by atomic mass is 19.3. The number of ether oxygens (including phenoxy) is 2. The van der Waals surface area contributed by atoms with Gasteiger partial charge in [0.15, 0.2) is 5.96 Å². The minimum Gasteiger partial charge on any atom is -0.437 e. The van der Waals surface area contributed by atoms with Crippen molar-refractivity contribution in [1.82, 2.24) is 14.9 Å². The zero-order valence-corrected chi connectivity index (χ0v) is 17.7. The number of nitrogens with two attached hydrogens (primary N) is 1. The van der Waals surface area contributed by atoms with Crippen LogP contribution in [0.3, 0.4) is 0 Å². The molecule has 174 valence electrons. The minimum atomic E-state index is -2.81. The molecule has 3 aliphatic rings. The van der Waals surface area contributed by atoms with E-state index < -0.39 is 29.4 Å². The lowest BCUT2D eigenvalue weighted by atomic mass is 9.72. The number of carbonyl (C=O) groups is 1. The molecule has 33 heavy (non-hydrogen) atoms. The van der Waals surface area contributed by atoms with Gasteiger partial charge in [-0.05, 0) is 43.4 Å². The van der Waals surface area contributed by atoms with Crippen LogP contribution in [0.2, 0.25) is 0 Å². The largest absolute Gasteiger partial charge is 0.437 e. The Labute approximate surface area is 187 Å². The number of carbonyl (C=O) groups excluding carboxylic acids is 1. The third-order valence-corrected chi connectivity index (χ3v) is 6.48. The molecule has 0 radical (unpaired) electrons. The Morgan fingerprint density at radius 3 is 2.82 bits per heavy atom. The fourth-order valence-corrected chi connectivity index (χ4v) is 4.53. The molecule has 5 rings (SSSR count). The monoisotopic (exact) mass is 461 g/mol. The molecule has 1 aromatic heterocycles. The van der Waals surface area contributed by atoms with E-state index in [9.17, 15) is 13.6 Å². The molecule has 0 bridgehead atoms. The number of hydrogen-bond donors (Lipinski definition) is 1. The molecule has 11 heteroatoms. The Balaban J connectivity index is 1.54. The van der Waals surface area contributed by atoms with Crippen molar-refractivity contribution in [3.05, 3.63) is 47.7 Å². The number of fused-ring (bicyclic) bond motifs is 1. The van der Waals surface area contributed by atoms with Crippen molar-refractivity contribution in [3.63, 3.8) is 0 Å². The predicted molar refractivity (Wildman–Crippen MR) is 110 cm³/mol. The number of amides is 1. The second kappa shape index (κ2) is 7.98. The first-order valence-corrected chi connectivity index (χ1v) is 10.6. The van der Waals surface area contributed by atoms with Gasteiger partial charge in [-0.2, -0.15) is 0 Å². The van der Waals surface area contributed by atoms with Crippen LogP contribution in [0.25, 0.3) is 0 Å². The quantitative estimate of drug-likeness (QED) is 0.734. The number of halogens is 3. The Hall–Kier alpha value is -3.21. The average molecular weight is 461 g/mol. The molecule has 2 N–H and O–H groups in total. The second-order valence-corrected chi connectivity index (χ2v) is 8.59. The molecule has 1 aromatic carbocycles. The Kier molecular flexibility index (Phi) is 5.23. The summed E-state index contributed by atoms with van der Waals surface area (Å²) < 4.78 is 52.7. The smallest absolute Gasteiger partial charge is 0.282 e. The van der Waals surface area contributed by atoms with Crippen molar-refractivity contribution in [2.75, 3.05) is 13.7 Å². The summed E-state index contributed by atoms with van der Waals surface area (Å²) in [5, 5.41) is 0. The molecule has 3 heterocycles. The predicted octanol–water partition coefficient (Wildman–Crippen LogP) is 3.14. The highest BCUT2D eigenvalue weighted by Gasteiger charge is 2.56. The normalized spacial score (nSPS) is 27.4. The molecule has 1 saturated carbocycles. The number of alkyl halides is 2. The van der Waals surface area contributed by atoms with Crippen LogP contribution in [0.4, 0.5) is 13.2 Å². The van der Waals surface area contributed by atoms with Gasteiger partial charge < -0.3 is 15.2 Å². The van der Waals surface area contributed by atoms with Crippen LogP contribution in [0.1, 0.15) is 36.9 Å². The van der Waals surface area contributed by atoms with Crippen LogP contribution in [-0.2, 0) is 15.1 Å². The average Bonchev–Trinajstić information content (AvgIpc) is 3.64. The number of aromatic nitrogens is 2. The summed E-state index contributed by atoms with van der Waals surface area (Å²) in [5.74, 6) is -1.21. The SMILES string of the molecule is CN1C(=O)[C@@H]2C[C@H](C3CC3)OC[C@]2(c2cc(Oc3cncc(C(F)F)n3)ccc2F)N=C1N. The topological polar surface area (TPSA) is 103 Å². The van der Waals surface area contributed by atoms with Crippen molar-refractivity contribution in [1.29, 1.82) is 0 Å². The lowest BCUT2D eigenvalue weighted by Crippen LogP contribution is -2.60. The first kappa shape index (κ1) is 21.6. The van der Waals surface area contributed by atoms with Gasteiger partial charge >= 0.3 is 0 Å². The van der Waals surface area contributed by atoms with Crippen LogP contribution >= 0.6 is 0 Å². The number of nitrogens with zero attached hydrogens (tertiary/aromatic N) is 4. The molecule has 1 amide bonds. The fraction of sp³-hybridized carbons (Fsp3) is 0.455. The van der Waals surface area contributed by atoms with Gasteiger partial charge in [0.1, 0.15) is 22.8 Å². The number of benzene rings is 1. The fourth-order valence-electron chi connectivity index (χ4n) is 4.53. The van der Waals surface area contributed by atoms with Gasteiger partial charge in [0.2, 0.25) is 11.8 Å². The highest BCUT2D eigenvalue weighted by molar-refractivity contribution is 6.00. The maximum absolute atomic E-state index is 15.2. The van der Waals surface area contributed by atoms with Crippen LogP contribution in [0, 0.1) is 17.7 Å². The summed E-state index contributed by atoms with van der Waals surface area (Å²) in [4.78, 5) is 26.4. The van der Waals surface area contributed by atoms with Crippen molar-refractivity contribution >= 4 is 11.9 Å². The summed E-state index contributed by atoms with van der Waals surface area (Å²) in [6.07, 6.45) is 1.68. The van der Waals surface area contributed by atoms with Gasteiger partial charge in [-0.1, -0.05) is 0 Å². The van der Waals surface area contributed by atoms with E-state index >= 15 is 4.39 Å². The second-order valence-electron chi connectivity index (χ2n) is 8.59. The zero-order chi connectivity index (χ0) is 23.3. The molecule has 8 nitrogen and oxygen atoms in total. The van der Waals surface area contributed by atoms with Gasteiger partial charge in [-0.3, -0.25) is 14.7 Å². The Morgan fingerprint density at radius 1 is 1.30 bits per heavy atom. The van der Waals surface area contributed by atoms with E-state index in [-0.39, 0.29) is 41.8 Å². The van der Waals surface area contributed by atoms with E-state index in [1.807, 2.05) is 0 Å². The summed E-state index contributed by atoms with van der Waals surface area (Å²) in [5.41, 5.74) is 4.20. The maximum atomic E-state index is 15.2. The van der Waals surface area contributed by atoms with Gasteiger partial charge in [0.05, 0.1) is 31.0 Å². The first-order chi connectivity index (χ1) is 15.8. The molecule has 2 aromatic rings. The summed E-state index contributed by atoms with van der Waals surface area (Å²) in [6, 6.07) is 3.89. The Bertz CT molecular complexity index is 1130. The molecule has 1 saturated heterocycles. The van der Waals surface area contributed by atoms with Crippen LogP contribution in [0.5, 0.6) is 11.6 Å². The molecule has 0 unspecified atom stereocenters. The van der Waals surface area contributed by atoms with E-state index in [1.165, 1.54) is 36.3 Å². The number of aliphatic imine (C=N–C) groups is 1. The molecule has 3 atom stereocenters. The number of hydrogen-bond acceptors (Lipinski definition) is 7. The summed E-state index contributed by atoms with van der Waals surface area (Å²) in [7, 11) is 1.54. The van der Waals surface area contributed by atoms with Crippen molar-refractivity contribution < 1.29 is 27.4 Å². The summed E-state index contributed by atoms with van der Waals surface area (Å²) >= 11 is 0. The Morgan fingerprint density at radius 2 is 2.09 bits per heavy atom. The number of guanidine groups is 1. The maximum Gasteiger partial charge on any atom is 0.282 e. The van der Waals surface area contributed by atoms with E-state index in [1.54, 1.807) is 0 Å². The number of rotatable bonds is 5. The lowest BCUT2D eigenvalue weighted by Gasteiger charge is -2.47. The highest BCUT2D eigenvalue weighted by Crippen LogP contribution is 2.50. The van der Waals surface area contributed by atoms with Crippen LogP contribution < -0.4 is 10.5 Å². The molecule has 1 aliphatic carbocycles. The molecule has 2 fully saturated rings. The lowest BCUT2D eigenvalue weighted by molar-refractivity contribution is -0.146. The van der Waals surface area contributed by atoms with E-state index in [0.29, 0.717) is 12.3 Å². The van der Waals surface area contributed by atoms with Crippen LogP contribution in [-0.4, -0.2) is 46.5 Å². The molecular weight excluding hydrogens is 439 g/mol. The van der Waals surface area contributed by atoms with E-state index in [0.717, 1.165) is 19.0 Å². The van der Waals surface area contributed by atoms with Gasteiger partial charge in [-0.25, -0.2) is 23.1 Å². The van der Waals surface area contributed by atoms with Crippen LogP contribution in [0.15, 0.2) is 35.6 Å². The molecule has 2 aliphatic heterocycles. The van der Waals surface area contributed by atoms with Gasteiger partial charge in [0.25, 0.3) is 6.43 Å².